The molecule has 1 atom stereocenters. The Labute approximate surface area is 191 Å². The molecule has 0 spiro atoms. The summed E-state index contributed by atoms with van der Waals surface area (Å²) < 4.78 is 0. The van der Waals surface area contributed by atoms with Gasteiger partial charge in [-0.15, -0.1) is 0 Å². The fourth-order valence-corrected chi connectivity index (χ4v) is 5.06. The monoisotopic (exact) mass is 436 g/mol. The van der Waals surface area contributed by atoms with Crippen molar-refractivity contribution < 1.29 is 9.90 Å². The van der Waals surface area contributed by atoms with Crippen LogP contribution in [0.1, 0.15) is 73.9 Å². The number of nitrogens with zero attached hydrogens (tertiary/aromatic N) is 2. The molecule has 2 fully saturated rings. The van der Waals surface area contributed by atoms with Crippen molar-refractivity contribution in [3.05, 3.63) is 47.2 Å². The molecular weight excluding hydrogens is 400 g/mol. The highest BCUT2D eigenvalue weighted by Crippen LogP contribution is 2.30. The van der Waals surface area contributed by atoms with Crippen molar-refractivity contribution >= 4 is 11.7 Å². The standard InChI is InChI=1S/C26H36N4O2/c1-17-13-19(16-30-12-4-5-18(30)2)6-7-22(17)20-14-23(24(27)28-15-20)25(31)29-21-8-10-26(3,32)11-9-21/h6-7,13-15,18,21,32H,4-5,8-12,16H2,1-3H3,(H2,27,28)(H,29,31)/t18-,21?,26?/m1/s1. The summed E-state index contributed by atoms with van der Waals surface area (Å²) in [4.78, 5) is 19.8. The lowest BCUT2D eigenvalue weighted by Crippen LogP contribution is -2.42. The fraction of sp³-hybridized carbons (Fsp3) is 0.538. The summed E-state index contributed by atoms with van der Waals surface area (Å²) >= 11 is 0. The van der Waals surface area contributed by atoms with E-state index in [2.05, 4.69) is 47.2 Å². The summed E-state index contributed by atoms with van der Waals surface area (Å²) in [5.74, 6) is 0.0482. The van der Waals surface area contributed by atoms with E-state index < -0.39 is 5.60 Å². The number of nitrogen functional groups attached to an aromatic ring is 1. The Kier molecular flexibility index (Phi) is 6.54. The van der Waals surface area contributed by atoms with Crippen molar-refractivity contribution in [2.45, 2.75) is 83.5 Å². The van der Waals surface area contributed by atoms with E-state index in [1.54, 1.807) is 6.20 Å². The average molecular weight is 437 g/mol. The van der Waals surface area contributed by atoms with Crippen LogP contribution in [0.25, 0.3) is 11.1 Å². The van der Waals surface area contributed by atoms with Gasteiger partial charge in [0, 0.05) is 30.4 Å². The molecule has 1 saturated heterocycles. The molecule has 4 N–H and O–H groups in total. The second-order valence-electron chi connectivity index (χ2n) is 10.0. The van der Waals surface area contributed by atoms with Gasteiger partial charge in [-0.1, -0.05) is 18.2 Å². The molecule has 0 radical (unpaired) electrons. The highest BCUT2D eigenvalue weighted by atomic mass is 16.3. The second-order valence-corrected chi connectivity index (χ2v) is 10.0. The zero-order valence-electron chi connectivity index (χ0n) is 19.5. The van der Waals surface area contributed by atoms with E-state index in [1.807, 2.05) is 13.0 Å². The summed E-state index contributed by atoms with van der Waals surface area (Å²) in [6.07, 6.45) is 7.21. The zero-order chi connectivity index (χ0) is 22.9. The number of nitrogens with two attached hydrogens (primary N) is 1. The summed E-state index contributed by atoms with van der Waals surface area (Å²) in [6, 6.07) is 9.10. The summed E-state index contributed by atoms with van der Waals surface area (Å²) in [5, 5.41) is 13.2. The van der Waals surface area contributed by atoms with E-state index >= 15 is 0 Å². The first-order valence-corrected chi connectivity index (χ1v) is 11.8. The number of hydrogen-bond acceptors (Lipinski definition) is 5. The minimum Gasteiger partial charge on any atom is -0.390 e. The number of likely N-dealkylation sites (tertiary alicyclic amines) is 1. The molecule has 32 heavy (non-hydrogen) atoms. The largest absolute Gasteiger partial charge is 0.390 e. The van der Waals surface area contributed by atoms with Crippen LogP contribution in [0, 0.1) is 6.92 Å². The maximum atomic E-state index is 12.9. The van der Waals surface area contributed by atoms with Crippen molar-refractivity contribution in [2.24, 2.45) is 0 Å². The number of aliphatic hydroxyl groups is 1. The Morgan fingerprint density at radius 2 is 2.03 bits per heavy atom. The number of hydrogen-bond donors (Lipinski definition) is 3. The van der Waals surface area contributed by atoms with Gasteiger partial charge < -0.3 is 16.2 Å². The van der Waals surface area contributed by atoms with E-state index in [4.69, 9.17) is 5.73 Å². The molecule has 2 aliphatic rings. The first-order valence-electron chi connectivity index (χ1n) is 11.8. The zero-order valence-corrected chi connectivity index (χ0v) is 19.5. The molecule has 2 heterocycles. The quantitative estimate of drug-likeness (QED) is 0.658. The van der Waals surface area contributed by atoms with Crippen LogP contribution in [0.3, 0.4) is 0 Å². The Hall–Kier alpha value is -2.44. The van der Waals surface area contributed by atoms with Gasteiger partial charge >= 0.3 is 0 Å². The molecular formula is C26H36N4O2. The van der Waals surface area contributed by atoms with Gasteiger partial charge in [-0.2, -0.15) is 0 Å². The molecule has 6 nitrogen and oxygen atoms in total. The average Bonchev–Trinajstić information content (AvgIpc) is 3.14. The molecule has 1 amide bonds. The van der Waals surface area contributed by atoms with Crippen molar-refractivity contribution in [1.29, 1.82) is 0 Å². The second kappa shape index (κ2) is 9.20. The highest BCUT2D eigenvalue weighted by molar-refractivity contribution is 5.99. The normalized spacial score (nSPS) is 26.2. The maximum Gasteiger partial charge on any atom is 0.255 e. The van der Waals surface area contributed by atoms with Crippen molar-refractivity contribution in [1.82, 2.24) is 15.2 Å². The number of nitrogens with one attached hydrogen (secondary N) is 1. The number of anilines is 1. The van der Waals surface area contributed by atoms with Crippen LogP contribution in [0.15, 0.2) is 30.5 Å². The van der Waals surface area contributed by atoms with Gasteiger partial charge in [0.2, 0.25) is 0 Å². The lowest BCUT2D eigenvalue weighted by Gasteiger charge is -2.33. The fourth-order valence-electron chi connectivity index (χ4n) is 5.06. The maximum absolute atomic E-state index is 12.9. The van der Waals surface area contributed by atoms with Gasteiger partial charge in [0.1, 0.15) is 5.82 Å². The Morgan fingerprint density at radius 3 is 2.69 bits per heavy atom. The predicted octanol–water partition coefficient (Wildman–Crippen LogP) is 4.05. The van der Waals surface area contributed by atoms with E-state index in [-0.39, 0.29) is 17.8 Å². The summed E-state index contributed by atoms with van der Waals surface area (Å²) in [5.41, 5.74) is 10.3. The highest BCUT2D eigenvalue weighted by Gasteiger charge is 2.30. The van der Waals surface area contributed by atoms with Gasteiger partial charge in [0.05, 0.1) is 11.2 Å². The van der Waals surface area contributed by atoms with E-state index in [0.717, 1.165) is 30.5 Å². The number of carbonyl (C=O) groups is 1. The molecule has 1 aromatic carbocycles. The minimum atomic E-state index is -0.627. The third-order valence-electron chi connectivity index (χ3n) is 7.24. The van der Waals surface area contributed by atoms with Gasteiger partial charge in [-0.25, -0.2) is 4.98 Å². The molecule has 0 bridgehead atoms. The van der Waals surface area contributed by atoms with Gasteiger partial charge in [-0.3, -0.25) is 9.69 Å². The lowest BCUT2D eigenvalue weighted by atomic mass is 9.83. The molecule has 1 aromatic heterocycles. The van der Waals surface area contributed by atoms with Crippen LogP contribution in [-0.4, -0.2) is 45.1 Å². The van der Waals surface area contributed by atoms with Crippen LogP contribution in [-0.2, 0) is 6.54 Å². The summed E-state index contributed by atoms with van der Waals surface area (Å²) in [6.45, 7) is 8.41. The van der Waals surface area contributed by atoms with E-state index in [9.17, 15) is 9.90 Å². The van der Waals surface area contributed by atoms with Gasteiger partial charge in [0.25, 0.3) is 5.91 Å². The number of amides is 1. The molecule has 1 saturated carbocycles. The van der Waals surface area contributed by atoms with Crippen LogP contribution in [0.2, 0.25) is 0 Å². The molecule has 1 aliphatic heterocycles. The summed E-state index contributed by atoms with van der Waals surface area (Å²) in [7, 11) is 0. The minimum absolute atomic E-state index is 0.0554. The SMILES string of the molecule is Cc1cc(CN2CCC[C@H]2C)ccc1-c1cnc(N)c(C(=O)NC2CCC(C)(O)CC2)c1. The van der Waals surface area contributed by atoms with Gasteiger partial charge in [-0.05, 0) is 88.6 Å². The Bertz CT molecular complexity index is 978. The number of carbonyl (C=O) groups excluding carboxylic acids is 1. The van der Waals surface area contributed by atoms with E-state index in [1.165, 1.54) is 30.5 Å². The van der Waals surface area contributed by atoms with Crippen molar-refractivity contribution in [2.75, 3.05) is 12.3 Å². The van der Waals surface area contributed by atoms with Crippen LogP contribution in [0.5, 0.6) is 0 Å². The number of pyridine rings is 1. The Morgan fingerprint density at radius 1 is 1.28 bits per heavy atom. The molecule has 2 aromatic rings. The smallest absolute Gasteiger partial charge is 0.255 e. The first kappa shape index (κ1) is 22.7. The topological polar surface area (TPSA) is 91.5 Å². The predicted molar refractivity (Wildman–Crippen MR) is 128 cm³/mol. The number of benzene rings is 1. The van der Waals surface area contributed by atoms with Crippen molar-refractivity contribution in [3.63, 3.8) is 0 Å². The Balaban J connectivity index is 1.49. The van der Waals surface area contributed by atoms with Crippen LogP contribution < -0.4 is 11.1 Å². The molecule has 6 heteroatoms. The molecule has 4 rings (SSSR count). The number of aryl methyl sites for hydroxylation is 1. The first-order chi connectivity index (χ1) is 15.2. The third kappa shape index (κ3) is 5.13. The van der Waals surface area contributed by atoms with Crippen LogP contribution >= 0.6 is 0 Å². The van der Waals surface area contributed by atoms with Crippen molar-refractivity contribution in [3.8, 4) is 11.1 Å². The number of aromatic nitrogens is 1. The molecule has 0 unspecified atom stereocenters. The van der Waals surface area contributed by atoms with Gasteiger partial charge in [0.15, 0.2) is 0 Å². The lowest BCUT2D eigenvalue weighted by molar-refractivity contribution is 0.0140. The molecule has 1 aliphatic carbocycles. The van der Waals surface area contributed by atoms with Crippen LogP contribution in [0.4, 0.5) is 5.82 Å². The number of rotatable bonds is 5. The molecule has 172 valence electrons. The van der Waals surface area contributed by atoms with E-state index in [0.29, 0.717) is 24.4 Å². The third-order valence-corrected chi connectivity index (χ3v) is 7.24.